The molecule has 4 heteroatoms. The van der Waals surface area contributed by atoms with Crippen molar-refractivity contribution in [2.75, 3.05) is 0 Å². The van der Waals surface area contributed by atoms with Crippen LogP contribution in [-0.2, 0) is 4.79 Å². The topological polar surface area (TPSA) is 37.3 Å². The van der Waals surface area contributed by atoms with E-state index in [9.17, 15) is 4.79 Å². The lowest BCUT2D eigenvalue weighted by atomic mass is 10.1. The lowest BCUT2D eigenvalue weighted by Crippen LogP contribution is -2.14. The minimum Gasteiger partial charge on any atom is -0.481 e. The van der Waals surface area contributed by atoms with Crippen LogP contribution in [0.1, 0.15) is 70.6 Å². The summed E-state index contributed by atoms with van der Waals surface area (Å²) in [5.74, 6) is -0.664. The van der Waals surface area contributed by atoms with Gasteiger partial charge < -0.3 is 5.11 Å². The molecule has 0 rings (SSSR count). The van der Waals surface area contributed by atoms with Gasteiger partial charge in [0, 0.05) is 6.42 Å². The summed E-state index contributed by atoms with van der Waals surface area (Å²) >= 11 is 6.28. The second kappa shape index (κ2) is 11.8. The summed E-state index contributed by atoms with van der Waals surface area (Å²) in [6.07, 6.45) is 12.7. The molecule has 114 valence electrons. The van der Waals surface area contributed by atoms with Crippen LogP contribution >= 0.6 is 11.1 Å². The summed E-state index contributed by atoms with van der Waals surface area (Å²) in [6.45, 7) is 4.44. The van der Waals surface area contributed by atoms with Gasteiger partial charge in [-0.2, -0.15) is 11.1 Å². The fraction of sp³-hybridized carbons (Fsp3) is 0.933. The van der Waals surface area contributed by atoms with Gasteiger partial charge >= 0.3 is 5.97 Å². The zero-order chi connectivity index (χ0) is 14.6. The Morgan fingerprint density at radius 3 is 1.58 bits per heavy atom. The molecule has 0 fully saturated rings. The van der Waals surface area contributed by atoms with Gasteiger partial charge in [0.1, 0.15) is 7.38 Å². The van der Waals surface area contributed by atoms with Crippen molar-refractivity contribution in [2.24, 2.45) is 0 Å². The van der Waals surface area contributed by atoms with Crippen LogP contribution in [-0.4, -0.2) is 18.5 Å². The van der Waals surface area contributed by atoms with E-state index >= 15 is 0 Å². The lowest BCUT2D eigenvalue weighted by Gasteiger charge is -2.11. The van der Waals surface area contributed by atoms with Crippen molar-refractivity contribution in [2.45, 2.75) is 89.8 Å². The molecule has 0 heterocycles. The SMILES string of the molecule is C[Si](C)(Cl)CCCCCCCCCCCCC(=O)O. The number of hydrogen-bond donors (Lipinski definition) is 1. The Kier molecular flexibility index (Phi) is 11.8. The first kappa shape index (κ1) is 19.0. The van der Waals surface area contributed by atoms with E-state index < -0.39 is 13.4 Å². The molecule has 0 radical (unpaired) electrons. The van der Waals surface area contributed by atoms with Crippen molar-refractivity contribution < 1.29 is 9.90 Å². The molecular weight excluding hydrogens is 276 g/mol. The summed E-state index contributed by atoms with van der Waals surface area (Å²) < 4.78 is 0. The van der Waals surface area contributed by atoms with Gasteiger partial charge in [0.25, 0.3) is 0 Å². The summed E-state index contributed by atoms with van der Waals surface area (Å²) in [6, 6.07) is 1.25. The van der Waals surface area contributed by atoms with Crippen LogP contribution in [0.15, 0.2) is 0 Å². The van der Waals surface area contributed by atoms with E-state index in [0.717, 1.165) is 12.8 Å². The van der Waals surface area contributed by atoms with E-state index in [1.807, 2.05) is 0 Å². The molecule has 0 amide bonds. The van der Waals surface area contributed by atoms with Crippen LogP contribution in [0.2, 0.25) is 19.1 Å². The molecule has 0 atom stereocenters. The van der Waals surface area contributed by atoms with E-state index in [-0.39, 0.29) is 0 Å². The Morgan fingerprint density at radius 2 is 1.21 bits per heavy atom. The molecule has 0 aliphatic carbocycles. The van der Waals surface area contributed by atoms with Gasteiger partial charge in [0.05, 0.1) is 0 Å². The zero-order valence-electron chi connectivity index (χ0n) is 12.7. The van der Waals surface area contributed by atoms with Crippen molar-refractivity contribution in [1.29, 1.82) is 0 Å². The van der Waals surface area contributed by atoms with Crippen molar-refractivity contribution >= 4 is 24.4 Å². The molecule has 19 heavy (non-hydrogen) atoms. The molecule has 0 aromatic heterocycles. The molecule has 0 saturated carbocycles. The highest BCUT2D eigenvalue weighted by molar-refractivity contribution is 7.19. The van der Waals surface area contributed by atoms with E-state index in [4.69, 9.17) is 16.2 Å². The molecule has 1 N–H and O–H groups in total. The smallest absolute Gasteiger partial charge is 0.303 e. The third-order valence-corrected chi connectivity index (χ3v) is 5.52. The maximum atomic E-state index is 10.3. The quantitative estimate of drug-likeness (QED) is 0.265. The molecule has 0 aliphatic heterocycles. The Morgan fingerprint density at radius 1 is 0.842 bits per heavy atom. The fourth-order valence-corrected chi connectivity index (χ4v) is 3.73. The van der Waals surface area contributed by atoms with Crippen molar-refractivity contribution in [3.05, 3.63) is 0 Å². The molecule has 0 aromatic rings. The molecule has 0 bridgehead atoms. The number of unbranched alkanes of at least 4 members (excludes halogenated alkanes) is 9. The van der Waals surface area contributed by atoms with Crippen LogP contribution in [0, 0.1) is 0 Å². The highest BCUT2D eigenvalue weighted by Crippen LogP contribution is 2.19. The molecule has 0 aromatic carbocycles. The fourth-order valence-electron chi connectivity index (χ4n) is 2.24. The number of rotatable bonds is 13. The number of hydrogen-bond acceptors (Lipinski definition) is 1. The lowest BCUT2D eigenvalue weighted by molar-refractivity contribution is -0.137. The number of carboxylic acid groups (broad SMARTS) is 1. The number of carbonyl (C=O) groups is 1. The maximum absolute atomic E-state index is 10.3. The Labute approximate surface area is 124 Å². The van der Waals surface area contributed by atoms with Gasteiger partial charge in [-0.25, -0.2) is 0 Å². The van der Waals surface area contributed by atoms with Crippen LogP contribution in [0.5, 0.6) is 0 Å². The molecule has 0 saturated heterocycles. The summed E-state index contributed by atoms with van der Waals surface area (Å²) in [5.41, 5.74) is 0. The second-order valence-electron chi connectivity index (χ2n) is 6.15. The average molecular weight is 307 g/mol. The van der Waals surface area contributed by atoms with E-state index in [1.54, 1.807) is 0 Å². The van der Waals surface area contributed by atoms with Gasteiger partial charge in [-0.1, -0.05) is 70.9 Å². The van der Waals surface area contributed by atoms with Gasteiger partial charge in [0.2, 0.25) is 0 Å². The first-order valence-electron chi connectivity index (χ1n) is 7.82. The predicted molar refractivity (Wildman–Crippen MR) is 86.6 cm³/mol. The van der Waals surface area contributed by atoms with Crippen molar-refractivity contribution in [1.82, 2.24) is 0 Å². The van der Waals surface area contributed by atoms with Gasteiger partial charge in [-0.05, 0) is 12.5 Å². The Hall–Kier alpha value is -0.0231. The minimum absolute atomic E-state index is 0.334. The summed E-state index contributed by atoms with van der Waals surface area (Å²) in [5, 5.41) is 8.50. The second-order valence-corrected chi connectivity index (χ2v) is 13.2. The standard InChI is InChI=1S/C15H31ClO2Si/c1-19(2,16)14-12-10-8-6-4-3-5-7-9-11-13-15(17)18/h3-14H2,1-2H3,(H,17,18). The van der Waals surface area contributed by atoms with Gasteiger partial charge in [-0.3, -0.25) is 4.79 Å². The van der Waals surface area contributed by atoms with Crippen LogP contribution < -0.4 is 0 Å². The highest BCUT2D eigenvalue weighted by Gasteiger charge is 2.15. The van der Waals surface area contributed by atoms with Gasteiger partial charge in [-0.15, -0.1) is 0 Å². The Balaban J connectivity index is 3.05. The number of carboxylic acids is 1. The zero-order valence-corrected chi connectivity index (χ0v) is 14.5. The van der Waals surface area contributed by atoms with Gasteiger partial charge in [0.15, 0.2) is 0 Å². The third kappa shape index (κ3) is 18.0. The van der Waals surface area contributed by atoms with Crippen molar-refractivity contribution in [3.63, 3.8) is 0 Å². The number of halogens is 1. The molecule has 0 spiro atoms. The van der Waals surface area contributed by atoms with E-state index in [0.29, 0.717) is 6.42 Å². The molecule has 2 nitrogen and oxygen atoms in total. The predicted octanol–water partition coefficient (Wildman–Crippen LogP) is 5.81. The maximum Gasteiger partial charge on any atom is 0.303 e. The molecule has 0 unspecified atom stereocenters. The van der Waals surface area contributed by atoms with Crippen LogP contribution in [0.25, 0.3) is 0 Å². The normalized spacial score (nSPS) is 11.7. The van der Waals surface area contributed by atoms with Crippen LogP contribution in [0.3, 0.4) is 0 Å². The Bertz CT molecular complexity index is 227. The average Bonchev–Trinajstić information content (AvgIpc) is 2.28. The highest BCUT2D eigenvalue weighted by atomic mass is 35.6. The summed E-state index contributed by atoms with van der Waals surface area (Å²) in [7, 11) is -1.33. The van der Waals surface area contributed by atoms with E-state index in [1.165, 1.54) is 57.4 Å². The van der Waals surface area contributed by atoms with Crippen molar-refractivity contribution in [3.8, 4) is 0 Å². The monoisotopic (exact) mass is 306 g/mol. The summed E-state index contributed by atoms with van der Waals surface area (Å²) in [4.78, 5) is 10.3. The first-order valence-corrected chi connectivity index (χ1v) is 12.0. The first-order chi connectivity index (χ1) is 8.92. The molecule has 0 aliphatic rings. The third-order valence-electron chi connectivity index (χ3n) is 3.41. The minimum atomic E-state index is -1.33. The number of aliphatic carboxylic acids is 1. The molecular formula is C15H31ClO2Si. The van der Waals surface area contributed by atoms with Crippen LogP contribution in [0.4, 0.5) is 0 Å². The largest absolute Gasteiger partial charge is 0.481 e. The van der Waals surface area contributed by atoms with E-state index in [2.05, 4.69) is 13.1 Å².